The third kappa shape index (κ3) is 2.94. The molecule has 15 heavy (non-hydrogen) atoms. The second-order valence-electron chi connectivity index (χ2n) is 6.35. The van der Waals surface area contributed by atoms with Crippen molar-refractivity contribution in [2.75, 3.05) is 13.1 Å². The summed E-state index contributed by atoms with van der Waals surface area (Å²) in [4.78, 5) is 0. The van der Waals surface area contributed by atoms with Gasteiger partial charge in [-0.3, -0.25) is 0 Å². The Morgan fingerprint density at radius 1 is 1.07 bits per heavy atom. The van der Waals surface area contributed by atoms with Crippen LogP contribution in [0.3, 0.4) is 0 Å². The van der Waals surface area contributed by atoms with E-state index >= 15 is 0 Å². The highest BCUT2D eigenvalue weighted by molar-refractivity contribution is 4.88. The lowest BCUT2D eigenvalue weighted by molar-refractivity contribution is -0.0978. The van der Waals surface area contributed by atoms with Crippen LogP contribution >= 0.6 is 0 Å². The van der Waals surface area contributed by atoms with Crippen LogP contribution in [0.2, 0.25) is 0 Å². The van der Waals surface area contributed by atoms with Crippen LogP contribution in [0.1, 0.15) is 52.9 Å². The van der Waals surface area contributed by atoms with E-state index < -0.39 is 0 Å². The van der Waals surface area contributed by atoms with Crippen LogP contribution in [0.15, 0.2) is 0 Å². The summed E-state index contributed by atoms with van der Waals surface area (Å²) in [6.45, 7) is 9.25. The summed E-state index contributed by atoms with van der Waals surface area (Å²) in [5.74, 6) is 0. The molecule has 1 aliphatic heterocycles. The van der Waals surface area contributed by atoms with E-state index in [4.69, 9.17) is 4.74 Å². The van der Waals surface area contributed by atoms with Crippen molar-refractivity contribution in [2.45, 2.75) is 64.6 Å². The van der Waals surface area contributed by atoms with Gasteiger partial charge in [0.2, 0.25) is 0 Å². The molecular weight excluding hydrogens is 186 g/mol. The highest BCUT2D eigenvalue weighted by Crippen LogP contribution is 2.40. The third-order valence-electron chi connectivity index (χ3n) is 4.04. The Labute approximate surface area is 93.8 Å². The van der Waals surface area contributed by atoms with E-state index in [0.29, 0.717) is 11.5 Å². The minimum Gasteiger partial charge on any atom is -0.372 e. The van der Waals surface area contributed by atoms with Gasteiger partial charge in [-0.25, -0.2) is 0 Å². The molecule has 1 saturated heterocycles. The van der Waals surface area contributed by atoms with Crippen molar-refractivity contribution in [3.05, 3.63) is 0 Å². The van der Waals surface area contributed by atoms with E-state index in [1.165, 1.54) is 32.1 Å². The van der Waals surface area contributed by atoms with Gasteiger partial charge >= 0.3 is 0 Å². The number of rotatable bonds is 2. The van der Waals surface area contributed by atoms with Crippen molar-refractivity contribution in [1.29, 1.82) is 0 Å². The molecule has 0 aromatic carbocycles. The van der Waals surface area contributed by atoms with Crippen molar-refractivity contribution >= 4 is 0 Å². The molecule has 0 aromatic heterocycles. The molecule has 1 saturated carbocycles. The first-order chi connectivity index (χ1) is 6.99. The zero-order chi connectivity index (χ0) is 10.9. The van der Waals surface area contributed by atoms with Crippen LogP contribution in [-0.4, -0.2) is 24.8 Å². The van der Waals surface area contributed by atoms with Crippen LogP contribution in [0, 0.1) is 5.41 Å². The summed E-state index contributed by atoms with van der Waals surface area (Å²) in [6, 6.07) is 0. The van der Waals surface area contributed by atoms with E-state index in [0.717, 1.165) is 13.1 Å². The van der Waals surface area contributed by atoms with Gasteiger partial charge in [-0.05, 0) is 57.5 Å². The summed E-state index contributed by atoms with van der Waals surface area (Å²) in [5.41, 5.74) is 0.657. The second kappa shape index (κ2) is 4.06. The van der Waals surface area contributed by atoms with Gasteiger partial charge in [0, 0.05) is 0 Å². The highest BCUT2D eigenvalue weighted by Gasteiger charge is 2.37. The fourth-order valence-electron chi connectivity index (χ4n) is 2.95. The number of nitrogens with one attached hydrogen (secondary N) is 1. The van der Waals surface area contributed by atoms with Gasteiger partial charge in [0.15, 0.2) is 0 Å². The van der Waals surface area contributed by atoms with Gasteiger partial charge in [-0.2, -0.15) is 0 Å². The lowest BCUT2D eigenvalue weighted by Crippen LogP contribution is -2.43. The molecule has 1 aliphatic carbocycles. The van der Waals surface area contributed by atoms with Crippen molar-refractivity contribution < 1.29 is 4.74 Å². The Morgan fingerprint density at radius 3 is 2.27 bits per heavy atom. The molecule has 1 unspecified atom stereocenters. The van der Waals surface area contributed by atoms with E-state index in [1.807, 2.05) is 0 Å². The van der Waals surface area contributed by atoms with Gasteiger partial charge in [0.05, 0.1) is 11.7 Å². The predicted molar refractivity (Wildman–Crippen MR) is 63.0 cm³/mol. The van der Waals surface area contributed by atoms with Crippen LogP contribution in [0.4, 0.5) is 0 Å². The largest absolute Gasteiger partial charge is 0.372 e. The Balaban J connectivity index is 1.86. The first-order valence-electron chi connectivity index (χ1n) is 6.38. The molecular formula is C13H25NO. The van der Waals surface area contributed by atoms with Crippen LogP contribution in [0.5, 0.6) is 0 Å². The zero-order valence-electron chi connectivity index (χ0n) is 10.4. The molecule has 2 fully saturated rings. The summed E-state index contributed by atoms with van der Waals surface area (Å²) in [5, 5.41) is 3.40. The first-order valence-corrected chi connectivity index (χ1v) is 6.38. The maximum atomic E-state index is 6.34. The number of ether oxygens (including phenoxy) is 1. The van der Waals surface area contributed by atoms with E-state index in [9.17, 15) is 0 Å². The van der Waals surface area contributed by atoms with Crippen molar-refractivity contribution in [1.82, 2.24) is 5.32 Å². The Hall–Kier alpha value is -0.0800. The smallest absolute Gasteiger partial charge is 0.0682 e. The molecule has 88 valence electrons. The number of hydrogen-bond acceptors (Lipinski definition) is 2. The molecule has 2 aliphatic rings. The standard InChI is InChI=1S/C13H25NO/c1-12(2)5-4-11(10-12)15-13(3)6-8-14-9-7-13/h11,14H,4-10H2,1-3H3. The molecule has 1 heterocycles. The second-order valence-corrected chi connectivity index (χ2v) is 6.35. The van der Waals surface area contributed by atoms with Crippen LogP contribution in [-0.2, 0) is 4.74 Å². The molecule has 2 heteroatoms. The maximum Gasteiger partial charge on any atom is 0.0682 e. The van der Waals surface area contributed by atoms with Crippen LogP contribution < -0.4 is 5.32 Å². The van der Waals surface area contributed by atoms with Gasteiger partial charge in [-0.15, -0.1) is 0 Å². The monoisotopic (exact) mass is 211 g/mol. The summed E-state index contributed by atoms with van der Waals surface area (Å²) < 4.78 is 6.34. The molecule has 2 nitrogen and oxygen atoms in total. The molecule has 0 spiro atoms. The summed E-state index contributed by atoms with van der Waals surface area (Å²) in [6.07, 6.45) is 6.69. The highest BCUT2D eigenvalue weighted by atomic mass is 16.5. The van der Waals surface area contributed by atoms with Crippen LogP contribution in [0.25, 0.3) is 0 Å². The molecule has 1 N–H and O–H groups in total. The summed E-state index contributed by atoms with van der Waals surface area (Å²) >= 11 is 0. The lowest BCUT2D eigenvalue weighted by Gasteiger charge is -2.36. The van der Waals surface area contributed by atoms with Gasteiger partial charge in [0.25, 0.3) is 0 Å². The van der Waals surface area contributed by atoms with Gasteiger partial charge in [0.1, 0.15) is 0 Å². The Morgan fingerprint density at radius 2 is 1.73 bits per heavy atom. The van der Waals surface area contributed by atoms with Gasteiger partial charge in [-0.1, -0.05) is 13.8 Å². The van der Waals surface area contributed by atoms with Crippen molar-refractivity contribution in [2.24, 2.45) is 5.41 Å². The predicted octanol–water partition coefficient (Wildman–Crippen LogP) is 2.72. The topological polar surface area (TPSA) is 21.3 Å². The average molecular weight is 211 g/mol. The fourth-order valence-corrected chi connectivity index (χ4v) is 2.95. The molecule has 1 atom stereocenters. The van der Waals surface area contributed by atoms with E-state index in [1.54, 1.807) is 0 Å². The fraction of sp³-hybridized carbons (Fsp3) is 1.00. The molecule has 0 aromatic rings. The molecule has 0 amide bonds. The first kappa shape index (κ1) is 11.4. The molecule has 0 bridgehead atoms. The number of piperidine rings is 1. The summed E-state index contributed by atoms with van der Waals surface area (Å²) in [7, 11) is 0. The molecule has 0 radical (unpaired) electrons. The maximum absolute atomic E-state index is 6.34. The third-order valence-corrected chi connectivity index (χ3v) is 4.04. The van der Waals surface area contributed by atoms with E-state index in [-0.39, 0.29) is 5.60 Å². The van der Waals surface area contributed by atoms with E-state index in [2.05, 4.69) is 26.1 Å². The minimum atomic E-state index is 0.149. The lowest BCUT2D eigenvalue weighted by atomic mass is 9.91. The normalized spacial score (nSPS) is 34.2. The Kier molecular flexibility index (Phi) is 3.09. The van der Waals surface area contributed by atoms with Gasteiger partial charge < -0.3 is 10.1 Å². The Bertz CT molecular complexity index is 219. The van der Waals surface area contributed by atoms with Crippen molar-refractivity contribution in [3.8, 4) is 0 Å². The number of hydrogen-bond donors (Lipinski definition) is 1. The zero-order valence-corrected chi connectivity index (χ0v) is 10.4. The SMILES string of the molecule is CC1(C)CCC(OC2(C)CCNCC2)C1. The molecule has 2 rings (SSSR count). The average Bonchev–Trinajstić information content (AvgIpc) is 2.45. The quantitative estimate of drug-likeness (QED) is 0.758. The van der Waals surface area contributed by atoms with Crippen molar-refractivity contribution in [3.63, 3.8) is 0 Å². The minimum absolute atomic E-state index is 0.149.